The number of carbonyl (C=O) groups is 1. The van der Waals surface area contributed by atoms with Crippen LogP contribution in [0.1, 0.15) is 63.5 Å². The third-order valence-corrected chi connectivity index (χ3v) is 6.42. The third-order valence-electron chi connectivity index (χ3n) is 6.42. The number of nitrogens with one attached hydrogen (secondary N) is 1. The van der Waals surface area contributed by atoms with Crippen molar-refractivity contribution in [3.05, 3.63) is 77.9 Å². The van der Waals surface area contributed by atoms with Crippen molar-refractivity contribution in [2.45, 2.75) is 52.4 Å². The minimum atomic E-state index is -0.223. The van der Waals surface area contributed by atoms with Crippen LogP contribution in [0.3, 0.4) is 0 Å². The van der Waals surface area contributed by atoms with Gasteiger partial charge in [0.25, 0.3) is 5.91 Å². The molecule has 0 spiro atoms. The van der Waals surface area contributed by atoms with Crippen LogP contribution in [-0.2, 0) is 4.79 Å². The standard InChI is InChI=1S/C29H32N2O3/c1-5-19(3)21-10-13-25(14-11-21)33-18-28(32)30-24-9-7-8-23(16-24)29-31-26-17-22(20(4)6-2)12-15-27(26)34-29/h7-17,19-20H,5-6,18H2,1-4H3,(H,30,32)/t19-,20-/m1/s1. The maximum atomic E-state index is 12.5. The fourth-order valence-electron chi connectivity index (χ4n) is 3.81. The molecule has 4 rings (SSSR count). The first-order valence-electron chi connectivity index (χ1n) is 12.0. The van der Waals surface area contributed by atoms with E-state index in [1.807, 2.05) is 42.5 Å². The lowest BCUT2D eigenvalue weighted by molar-refractivity contribution is -0.118. The molecule has 1 N–H and O–H groups in total. The molecule has 3 aromatic carbocycles. The van der Waals surface area contributed by atoms with Gasteiger partial charge in [0, 0.05) is 11.3 Å². The van der Waals surface area contributed by atoms with E-state index in [1.54, 1.807) is 0 Å². The molecule has 1 heterocycles. The molecular weight excluding hydrogens is 424 g/mol. The molecule has 2 atom stereocenters. The topological polar surface area (TPSA) is 64.4 Å². The summed E-state index contributed by atoms with van der Waals surface area (Å²) in [6.07, 6.45) is 2.16. The summed E-state index contributed by atoms with van der Waals surface area (Å²) in [7, 11) is 0. The Morgan fingerprint density at radius 3 is 2.38 bits per heavy atom. The van der Waals surface area contributed by atoms with Gasteiger partial charge in [-0.05, 0) is 78.3 Å². The van der Waals surface area contributed by atoms with Gasteiger partial charge in [-0.1, -0.05) is 52.0 Å². The normalized spacial score (nSPS) is 12.9. The van der Waals surface area contributed by atoms with Crippen LogP contribution < -0.4 is 10.1 Å². The maximum Gasteiger partial charge on any atom is 0.262 e. The highest BCUT2D eigenvalue weighted by atomic mass is 16.5. The lowest BCUT2D eigenvalue weighted by Crippen LogP contribution is -2.20. The average molecular weight is 457 g/mol. The van der Waals surface area contributed by atoms with E-state index in [1.165, 1.54) is 11.1 Å². The summed E-state index contributed by atoms with van der Waals surface area (Å²) in [6.45, 7) is 8.69. The Morgan fingerprint density at radius 1 is 0.941 bits per heavy atom. The fourth-order valence-corrected chi connectivity index (χ4v) is 3.81. The first-order chi connectivity index (χ1) is 16.5. The second-order valence-corrected chi connectivity index (χ2v) is 8.85. The van der Waals surface area contributed by atoms with Crippen LogP contribution in [0, 0.1) is 0 Å². The van der Waals surface area contributed by atoms with Gasteiger partial charge in [-0.15, -0.1) is 0 Å². The Bertz CT molecular complexity index is 1260. The van der Waals surface area contributed by atoms with Crippen LogP contribution in [0.15, 0.2) is 71.1 Å². The lowest BCUT2D eigenvalue weighted by atomic mass is 9.98. The molecule has 1 amide bonds. The van der Waals surface area contributed by atoms with E-state index in [4.69, 9.17) is 9.15 Å². The summed E-state index contributed by atoms with van der Waals surface area (Å²) >= 11 is 0. The summed E-state index contributed by atoms with van der Waals surface area (Å²) in [5, 5.41) is 2.89. The molecule has 0 saturated heterocycles. The Labute approximate surface area is 201 Å². The van der Waals surface area contributed by atoms with E-state index in [0.717, 1.165) is 29.5 Å². The molecule has 0 bridgehead atoms. The number of anilines is 1. The first kappa shape index (κ1) is 23.6. The molecule has 0 radical (unpaired) electrons. The fraction of sp³-hybridized carbons (Fsp3) is 0.310. The van der Waals surface area contributed by atoms with Gasteiger partial charge in [-0.2, -0.15) is 0 Å². The van der Waals surface area contributed by atoms with Gasteiger partial charge in [0.1, 0.15) is 11.3 Å². The van der Waals surface area contributed by atoms with E-state index in [9.17, 15) is 4.79 Å². The number of amides is 1. The number of aromatic nitrogens is 1. The van der Waals surface area contributed by atoms with Crippen molar-refractivity contribution >= 4 is 22.7 Å². The van der Waals surface area contributed by atoms with Gasteiger partial charge >= 0.3 is 0 Å². The molecule has 176 valence electrons. The van der Waals surface area contributed by atoms with Gasteiger partial charge in [-0.25, -0.2) is 4.98 Å². The summed E-state index contributed by atoms with van der Waals surface area (Å²) in [4.78, 5) is 17.1. The summed E-state index contributed by atoms with van der Waals surface area (Å²) in [6, 6.07) is 21.6. The number of nitrogens with zero attached hydrogens (tertiary/aromatic N) is 1. The van der Waals surface area contributed by atoms with Crippen molar-refractivity contribution in [2.24, 2.45) is 0 Å². The molecule has 34 heavy (non-hydrogen) atoms. The molecule has 1 aromatic heterocycles. The zero-order valence-electron chi connectivity index (χ0n) is 20.3. The van der Waals surface area contributed by atoms with Crippen LogP contribution >= 0.6 is 0 Å². The minimum absolute atomic E-state index is 0.0613. The Hall–Kier alpha value is -3.60. The van der Waals surface area contributed by atoms with Gasteiger partial charge < -0.3 is 14.5 Å². The van der Waals surface area contributed by atoms with Crippen LogP contribution in [0.5, 0.6) is 5.75 Å². The van der Waals surface area contributed by atoms with E-state index >= 15 is 0 Å². The second kappa shape index (κ2) is 10.6. The molecule has 5 nitrogen and oxygen atoms in total. The smallest absolute Gasteiger partial charge is 0.262 e. The molecule has 4 aromatic rings. The monoisotopic (exact) mass is 456 g/mol. The molecular formula is C29H32N2O3. The molecule has 5 heteroatoms. The average Bonchev–Trinajstić information content (AvgIpc) is 3.30. The van der Waals surface area contributed by atoms with Crippen LogP contribution in [0.2, 0.25) is 0 Å². The zero-order chi connectivity index (χ0) is 24.1. The summed E-state index contributed by atoms with van der Waals surface area (Å²) in [5.74, 6) is 1.97. The van der Waals surface area contributed by atoms with E-state index in [-0.39, 0.29) is 12.5 Å². The Balaban J connectivity index is 1.41. The van der Waals surface area contributed by atoms with Crippen molar-refractivity contribution in [3.8, 4) is 17.2 Å². The lowest BCUT2D eigenvalue weighted by Gasteiger charge is -2.11. The zero-order valence-corrected chi connectivity index (χ0v) is 20.3. The van der Waals surface area contributed by atoms with Gasteiger partial charge in [-0.3, -0.25) is 4.79 Å². The number of hydrogen-bond donors (Lipinski definition) is 1. The quantitative estimate of drug-likeness (QED) is 0.282. The second-order valence-electron chi connectivity index (χ2n) is 8.85. The van der Waals surface area contributed by atoms with Gasteiger partial charge in [0.15, 0.2) is 12.2 Å². The number of ether oxygens (including phenoxy) is 1. The van der Waals surface area contributed by atoms with E-state index in [0.29, 0.717) is 29.2 Å². The van der Waals surface area contributed by atoms with Gasteiger partial charge in [0.2, 0.25) is 5.89 Å². The van der Waals surface area contributed by atoms with Crippen molar-refractivity contribution < 1.29 is 13.9 Å². The Morgan fingerprint density at radius 2 is 1.65 bits per heavy atom. The molecule has 0 fully saturated rings. The number of oxazole rings is 1. The number of hydrogen-bond acceptors (Lipinski definition) is 4. The summed E-state index contributed by atoms with van der Waals surface area (Å²) < 4.78 is 11.6. The van der Waals surface area contributed by atoms with Crippen LogP contribution in [-0.4, -0.2) is 17.5 Å². The minimum Gasteiger partial charge on any atom is -0.484 e. The van der Waals surface area contributed by atoms with E-state index in [2.05, 4.69) is 62.3 Å². The number of benzene rings is 3. The van der Waals surface area contributed by atoms with Crippen LogP contribution in [0.4, 0.5) is 5.69 Å². The maximum absolute atomic E-state index is 12.5. The highest BCUT2D eigenvalue weighted by molar-refractivity contribution is 5.92. The number of rotatable bonds is 9. The van der Waals surface area contributed by atoms with Crippen LogP contribution in [0.25, 0.3) is 22.6 Å². The highest BCUT2D eigenvalue weighted by Gasteiger charge is 2.12. The predicted molar refractivity (Wildman–Crippen MR) is 137 cm³/mol. The molecule has 0 unspecified atom stereocenters. The number of carbonyl (C=O) groups excluding carboxylic acids is 1. The predicted octanol–water partition coefficient (Wildman–Crippen LogP) is 7.54. The molecule has 0 saturated carbocycles. The highest BCUT2D eigenvalue weighted by Crippen LogP contribution is 2.29. The number of fused-ring (bicyclic) bond motifs is 1. The van der Waals surface area contributed by atoms with Crippen molar-refractivity contribution in [1.29, 1.82) is 0 Å². The van der Waals surface area contributed by atoms with E-state index < -0.39 is 0 Å². The van der Waals surface area contributed by atoms with Gasteiger partial charge in [0.05, 0.1) is 0 Å². The van der Waals surface area contributed by atoms with Crippen molar-refractivity contribution in [1.82, 2.24) is 4.98 Å². The first-order valence-corrected chi connectivity index (χ1v) is 12.0. The summed E-state index contributed by atoms with van der Waals surface area (Å²) in [5.41, 5.74) is 5.59. The SMILES string of the molecule is CC[C@@H](C)c1ccc(OCC(=O)Nc2cccc(-c3nc4cc([C@H](C)CC)ccc4o3)c2)cc1. The third kappa shape index (κ3) is 5.48. The Kier molecular flexibility index (Phi) is 7.31. The molecule has 0 aliphatic carbocycles. The molecule has 0 aliphatic rings. The van der Waals surface area contributed by atoms with Crippen molar-refractivity contribution in [2.75, 3.05) is 11.9 Å². The molecule has 0 aliphatic heterocycles. The largest absolute Gasteiger partial charge is 0.484 e. The van der Waals surface area contributed by atoms with Crippen molar-refractivity contribution in [3.63, 3.8) is 0 Å².